The number of hydrogen-bond acceptors (Lipinski definition) is 12. The molecule has 3 heterocycles. The van der Waals surface area contributed by atoms with E-state index >= 15 is 4.39 Å². The molecule has 1 aliphatic rings. The van der Waals surface area contributed by atoms with Crippen molar-refractivity contribution in [1.29, 1.82) is 0 Å². The van der Waals surface area contributed by atoms with E-state index in [-0.39, 0.29) is 30.2 Å². The molecule has 2 aromatic carbocycles. The second-order valence-corrected chi connectivity index (χ2v) is 15.6. The molecular formula is C30H39FN7O6PS. The number of benzene rings is 2. The number of fused-ring (bicyclic) bond motifs is 2. The molecule has 46 heavy (non-hydrogen) atoms. The molecule has 6 atom stereocenters. The number of nitrogen functional groups attached to an aromatic ring is 1. The lowest BCUT2D eigenvalue weighted by Crippen LogP contribution is -2.41. The Labute approximate surface area is 271 Å². The largest absolute Gasteiger partial charge is 0.464 e. The van der Waals surface area contributed by atoms with Gasteiger partial charge in [0, 0.05) is 12.4 Å². The summed E-state index contributed by atoms with van der Waals surface area (Å²) in [4.78, 5) is 25.5. The molecule has 0 radical (unpaired) electrons. The van der Waals surface area contributed by atoms with Crippen LogP contribution in [0.15, 0.2) is 48.8 Å². The van der Waals surface area contributed by atoms with Gasteiger partial charge in [-0.1, -0.05) is 57.2 Å². The maximum absolute atomic E-state index is 16.2. The maximum atomic E-state index is 16.2. The van der Waals surface area contributed by atoms with E-state index in [0.29, 0.717) is 17.1 Å². The highest BCUT2D eigenvalue weighted by atomic mass is 32.5. The number of hydrogen-bond donors (Lipinski definition) is 4. The van der Waals surface area contributed by atoms with Crippen LogP contribution in [0.3, 0.4) is 0 Å². The fourth-order valence-corrected chi connectivity index (χ4v) is 7.42. The van der Waals surface area contributed by atoms with Gasteiger partial charge in [-0.05, 0) is 42.5 Å². The normalized spacial score (nSPS) is 23.7. The number of aromatic nitrogens is 4. The van der Waals surface area contributed by atoms with Gasteiger partial charge in [-0.15, -0.1) is 0 Å². The number of imidazole rings is 1. The lowest BCUT2D eigenvalue weighted by Gasteiger charge is -2.29. The molecule has 4 aromatic rings. The van der Waals surface area contributed by atoms with E-state index in [9.17, 15) is 9.90 Å². The number of ether oxygens (including phenoxy) is 2. The standard InChI is InChI=1S/C30H39FN7O6PS/c1-17(26(40)41-15-29(2,3)4)37-45(46,44-20-13-9-11-18-10-7-8-12-19(18)20)42-14-21-23(39)30(5,31)27(43-21)38-16-34-22-24(33-6)35-28(32)36-25(22)38/h7-13,16-17,21,23,27,39H,14-15H2,1-6H3,(H,37,46)(H3,32,33,35,36)/t17-,21+,23+,27+,30+,45?/m0/s1. The van der Waals surface area contributed by atoms with Crippen LogP contribution >= 0.6 is 6.64 Å². The highest BCUT2D eigenvalue weighted by Crippen LogP contribution is 2.49. The van der Waals surface area contributed by atoms with Crippen LogP contribution in [0.25, 0.3) is 21.9 Å². The van der Waals surface area contributed by atoms with Gasteiger partial charge in [0.25, 0.3) is 0 Å². The van der Waals surface area contributed by atoms with Gasteiger partial charge in [0.2, 0.25) is 5.95 Å². The summed E-state index contributed by atoms with van der Waals surface area (Å²) in [5.74, 6) is 0.183. The molecule has 1 fully saturated rings. The summed E-state index contributed by atoms with van der Waals surface area (Å²) < 4.78 is 41.6. The fourth-order valence-electron chi connectivity index (χ4n) is 5.00. The number of nitrogens with one attached hydrogen (secondary N) is 2. The highest BCUT2D eigenvalue weighted by Gasteiger charge is 2.56. The van der Waals surface area contributed by atoms with E-state index in [1.54, 1.807) is 20.0 Å². The Balaban J connectivity index is 1.40. The zero-order valence-corrected chi connectivity index (χ0v) is 28.1. The van der Waals surface area contributed by atoms with Crippen molar-refractivity contribution in [2.45, 2.75) is 64.8 Å². The first-order valence-corrected chi connectivity index (χ1v) is 17.3. The van der Waals surface area contributed by atoms with Crippen molar-refractivity contribution in [2.24, 2.45) is 5.41 Å². The Morgan fingerprint density at radius 3 is 2.70 bits per heavy atom. The van der Waals surface area contributed by atoms with Crippen LogP contribution in [-0.4, -0.2) is 74.8 Å². The molecule has 0 spiro atoms. The van der Waals surface area contributed by atoms with Crippen LogP contribution in [0.1, 0.15) is 40.8 Å². The van der Waals surface area contributed by atoms with Gasteiger partial charge in [0.15, 0.2) is 28.9 Å². The molecule has 2 aromatic heterocycles. The van der Waals surface area contributed by atoms with Gasteiger partial charge in [0.1, 0.15) is 24.0 Å². The van der Waals surface area contributed by atoms with Crippen LogP contribution < -0.4 is 20.7 Å². The molecule has 1 saturated heterocycles. The number of nitrogens with zero attached hydrogens (tertiary/aromatic N) is 4. The summed E-state index contributed by atoms with van der Waals surface area (Å²) in [5.41, 5.74) is 3.88. The summed E-state index contributed by atoms with van der Waals surface area (Å²) in [6.45, 7) is 4.89. The van der Waals surface area contributed by atoms with Crippen LogP contribution in [0.5, 0.6) is 5.75 Å². The topological polar surface area (TPSA) is 168 Å². The lowest BCUT2D eigenvalue weighted by molar-refractivity contribution is -0.148. The molecule has 16 heteroatoms. The molecule has 5 N–H and O–H groups in total. The molecule has 0 aliphatic carbocycles. The number of anilines is 2. The number of nitrogens with two attached hydrogens (primary N) is 1. The highest BCUT2D eigenvalue weighted by molar-refractivity contribution is 8.09. The van der Waals surface area contributed by atoms with Crippen LogP contribution in [-0.2, 0) is 30.6 Å². The number of carbonyl (C=O) groups excluding carboxylic acids is 1. The minimum Gasteiger partial charge on any atom is -0.464 e. The van der Waals surface area contributed by atoms with Crippen molar-refractivity contribution in [3.05, 3.63) is 48.8 Å². The summed E-state index contributed by atoms with van der Waals surface area (Å²) in [6.07, 6.45) is -2.84. The Bertz CT molecular complexity index is 1780. The van der Waals surface area contributed by atoms with E-state index in [2.05, 4.69) is 25.4 Å². The van der Waals surface area contributed by atoms with E-state index < -0.39 is 42.8 Å². The first-order valence-electron chi connectivity index (χ1n) is 14.7. The number of aliphatic hydroxyl groups excluding tert-OH is 1. The van der Waals surface area contributed by atoms with Gasteiger partial charge in [-0.2, -0.15) is 9.97 Å². The number of esters is 1. The zero-order chi connectivity index (χ0) is 33.4. The minimum absolute atomic E-state index is 0.0508. The summed E-state index contributed by atoms with van der Waals surface area (Å²) in [5, 5.41) is 18.7. The first kappa shape index (κ1) is 33.9. The van der Waals surface area contributed by atoms with Gasteiger partial charge in [-0.25, -0.2) is 14.5 Å². The van der Waals surface area contributed by atoms with E-state index in [4.69, 9.17) is 36.1 Å². The summed E-state index contributed by atoms with van der Waals surface area (Å²) >= 11 is 5.91. The first-order chi connectivity index (χ1) is 21.6. The lowest BCUT2D eigenvalue weighted by atomic mass is 9.98. The van der Waals surface area contributed by atoms with E-state index in [0.717, 1.165) is 10.8 Å². The van der Waals surface area contributed by atoms with Crippen molar-refractivity contribution in [2.75, 3.05) is 31.3 Å². The van der Waals surface area contributed by atoms with Crippen LogP contribution in [0.2, 0.25) is 0 Å². The van der Waals surface area contributed by atoms with Gasteiger partial charge < -0.3 is 34.7 Å². The number of aliphatic hydroxyl groups is 1. The van der Waals surface area contributed by atoms with Gasteiger partial charge in [0.05, 0.1) is 19.5 Å². The van der Waals surface area contributed by atoms with Crippen LogP contribution in [0.4, 0.5) is 16.2 Å². The number of rotatable bonds is 11. The second-order valence-electron chi connectivity index (χ2n) is 12.5. The fraction of sp³-hybridized carbons (Fsp3) is 0.467. The number of halogens is 1. The monoisotopic (exact) mass is 675 g/mol. The summed E-state index contributed by atoms with van der Waals surface area (Å²) in [6, 6.07) is 12.1. The molecule has 1 aliphatic heterocycles. The second kappa shape index (κ2) is 13.0. The molecule has 13 nitrogen and oxygen atoms in total. The van der Waals surface area contributed by atoms with Gasteiger partial charge >= 0.3 is 12.6 Å². The third-order valence-electron chi connectivity index (χ3n) is 7.37. The number of carbonyl (C=O) groups is 1. The molecular weight excluding hydrogens is 636 g/mol. The quantitative estimate of drug-likeness (QED) is 0.130. The summed E-state index contributed by atoms with van der Waals surface area (Å²) in [7, 11) is 1.65. The van der Waals surface area contributed by atoms with Crippen LogP contribution in [0, 0.1) is 5.41 Å². The molecule has 248 valence electrons. The Hall–Kier alpha value is -3.46. The predicted octanol–water partition coefficient (Wildman–Crippen LogP) is 4.48. The van der Waals surface area contributed by atoms with Crippen molar-refractivity contribution >= 4 is 58.1 Å². The van der Waals surface area contributed by atoms with E-state index in [1.807, 2.05) is 57.2 Å². The van der Waals surface area contributed by atoms with E-state index in [1.165, 1.54) is 17.8 Å². The Morgan fingerprint density at radius 1 is 1.26 bits per heavy atom. The maximum Gasteiger partial charge on any atom is 0.323 e. The molecule has 0 bridgehead atoms. The average Bonchev–Trinajstić information content (AvgIpc) is 3.51. The van der Waals surface area contributed by atoms with Crippen molar-refractivity contribution in [3.63, 3.8) is 0 Å². The molecule has 5 rings (SSSR count). The van der Waals surface area contributed by atoms with Crippen molar-refractivity contribution in [1.82, 2.24) is 24.6 Å². The molecule has 0 amide bonds. The number of alkyl halides is 1. The predicted molar refractivity (Wildman–Crippen MR) is 177 cm³/mol. The van der Waals surface area contributed by atoms with Crippen molar-refractivity contribution < 1.29 is 32.8 Å². The molecule has 0 saturated carbocycles. The third kappa shape index (κ3) is 7.09. The smallest absolute Gasteiger partial charge is 0.323 e. The zero-order valence-electron chi connectivity index (χ0n) is 26.4. The molecule has 1 unspecified atom stereocenters. The third-order valence-corrected chi connectivity index (χ3v) is 9.86. The SMILES string of the molecule is CNc1nc(N)nc2c1ncn2[C@@H]1O[C@H](COP(=S)(N[C@@H](C)C(=O)OCC(C)(C)C)Oc2cccc3ccccc23)[C@@H](O)[C@@]1(C)F. The average molecular weight is 676 g/mol. The van der Waals surface area contributed by atoms with Gasteiger partial charge in [-0.3, -0.25) is 9.36 Å². The minimum atomic E-state index is -3.57. The Kier molecular flexibility index (Phi) is 9.56. The van der Waals surface area contributed by atoms with Crippen molar-refractivity contribution in [3.8, 4) is 5.75 Å². The Morgan fingerprint density at radius 2 is 1.98 bits per heavy atom.